The number of benzene rings is 2. The molecule has 0 bridgehead atoms. The van der Waals surface area contributed by atoms with Crippen molar-refractivity contribution in [3.8, 4) is 16.9 Å². The van der Waals surface area contributed by atoms with Gasteiger partial charge >= 0.3 is 0 Å². The Morgan fingerprint density at radius 2 is 1.48 bits per heavy atom. The van der Waals surface area contributed by atoms with Gasteiger partial charge in [-0.25, -0.2) is 8.78 Å². The molecule has 2 aliphatic rings. The van der Waals surface area contributed by atoms with Crippen molar-refractivity contribution in [1.29, 1.82) is 0 Å². The van der Waals surface area contributed by atoms with Crippen LogP contribution in [0.2, 0.25) is 0 Å². The van der Waals surface area contributed by atoms with Crippen LogP contribution in [0, 0.1) is 17.6 Å². The maximum atomic E-state index is 15.6. The summed E-state index contributed by atoms with van der Waals surface area (Å²) < 4.78 is 36.3. The summed E-state index contributed by atoms with van der Waals surface area (Å²) in [6.45, 7) is 4.84. The van der Waals surface area contributed by atoms with Gasteiger partial charge in [-0.1, -0.05) is 64.2 Å². The molecule has 0 atom stereocenters. The second-order valence-electron chi connectivity index (χ2n) is 9.49. The van der Waals surface area contributed by atoms with Crippen LogP contribution in [0.15, 0.2) is 24.3 Å². The fourth-order valence-electron chi connectivity index (χ4n) is 5.46. The van der Waals surface area contributed by atoms with Crippen LogP contribution in [-0.2, 0) is 6.42 Å². The van der Waals surface area contributed by atoms with E-state index in [1.165, 1.54) is 38.5 Å². The van der Waals surface area contributed by atoms with Crippen LogP contribution in [0.25, 0.3) is 11.1 Å². The van der Waals surface area contributed by atoms with Gasteiger partial charge in [-0.05, 0) is 66.7 Å². The molecule has 0 unspecified atom stereocenters. The average molecular weight is 427 g/mol. The van der Waals surface area contributed by atoms with E-state index < -0.39 is 0 Å². The standard InChI is InChI=1S/C28H36F2O/c1-3-5-7-8-19-9-11-20(12-10-19)21-13-14-22-23-15-16-26(31-17-6-4-2)28(30)25(23)18-24(22)27(21)29/h13-16,19-20H,3-12,17-18H2,1-2H3. The first kappa shape index (κ1) is 22.3. The quantitative estimate of drug-likeness (QED) is 0.311. The zero-order chi connectivity index (χ0) is 21.8. The highest BCUT2D eigenvalue weighted by molar-refractivity contribution is 5.78. The Morgan fingerprint density at radius 3 is 2.19 bits per heavy atom. The van der Waals surface area contributed by atoms with Crippen LogP contribution >= 0.6 is 0 Å². The Labute approximate surface area is 186 Å². The van der Waals surface area contributed by atoms with Crippen molar-refractivity contribution in [1.82, 2.24) is 0 Å². The average Bonchev–Trinajstić information content (AvgIpc) is 3.17. The van der Waals surface area contributed by atoms with E-state index in [-0.39, 0.29) is 11.6 Å². The van der Waals surface area contributed by atoms with Gasteiger partial charge in [-0.3, -0.25) is 0 Å². The maximum Gasteiger partial charge on any atom is 0.169 e. The molecule has 2 aromatic carbocycles. The second kappa shape index (κ2) is 10.1. The first-order chi connectivity index (χ1) is 15.1. The molecule has 0 amide bonds. The van der Waals surface area contributed by atoms with Crippen molar-refractivity contribution < 1.29 is 13.5 Å². The minimum absolute atomic E-state index is 0.101. The van der Waals surface area contributed by atoms with Gasteiger partial charge in [0.25, 0.3) is 0 Å². The SMILES string of the molecule is CCCCCC1CCC(c2ccc3c(c2F)Cc2c-3ccc(OCCCC)c2F)CC1. The van der Waals surface area contributed by atoms with E-state index in [1.807, 2.05) is 18.2 Å². The molecule has 1 saturated carbocycles. The topological polar surface area (TPSA) is 9.23 Å². The van der Waals surface area contributed by atoms with Gasteiger partial charge in [0.2, 0.25) is 0 Å². The van der Waals surface area contributed by atoms with Gasteiger partial charge in [0.05, 0.1) is 6.61 Å². The lowest BCUT2D eigenvalue weighted by molar-refractivity contribution is 0.293. The molecule has 0 radical (unpaired) electrons. The lowest BCUT2D eigenvalue weighted by Gasteiger charge is -2.29. The number of rotatable bonds is 9. The molecule has 1 nitrogen and oxygen atoms in total. The maximum absolute atomic E-state index is 15.6. The molecule has 168 valence electrons. The summed E-state index contributed by atoms with van der Waals surface area (Å²) in [5.41, 5.74) is 3.77. The molecule has 31 heavy (non-hydrogen) atoms. The highest BCUT2D eigenvalue weighted by Gasteiger charge is 2.30. The highest BCUT2D eigenvalue weighted by atomic mass is 19.1. The largest absolute Gasteiger partial charge is 0.491 e. The monoisotopic (exact) mass is 426 g/mol. The van der Waals surface area contributed by atoms with Crippen molar-refractivity contribution >= 4 is 0 Å². The fourth-order valence-corrected chi connectivity index (χ4v) is 5.46. The van der Waals surface area contributed by atoms with E-state index >= 15 is 8.78 Å². The Morgan fingerprint density at radius 1 is 0.806 bits per heavy atom. The molecule has 2 aliphatic carbocycles. The summed E-state index contributed by atoms with van der Waals surface area (Å²) in [5.74, 6) is 0.982. The first-order valence-corrected chi connectivity index (χ1v) is 12.4. The minimum Gasteiger partial charge on any atom is -0.491 e. The van der Waals surface area contributed by atoms with E-state index in [2.05, 4.69) is 13.8 Å². The van der Waals surface area contributed by atoms with Gasteiger partial charge in [-0.15, -0.1) is 0 Å². The molecular formula is C28H36F2O. The smallest absolute Gasteiger partial charge is 0.169 e. The molecule has 0 spiro atoms. The van der Waals surface area contributed by atoms with Crippen LogP contribution in [0.5, 0.6) is 5.75 Å². The lowest BCUT2D eigenvalue weighted by Crippen LogP contribution is -2.15. The molecular weight excluding hydrogens is 390 g/mol. The van der Waals surface area contributed by atoms with Crippen molar-refractivity contribution in [3.63, 3.8) is 0 Å². The third-order valence-corrected chi connectivity index (χ3v) is 7.38. The third kappa shape index (κ3) is 4.66. The van der Waals surface area contributed by atoms with Crippen LogP contribution < -0.4 is 4.74 Å². The highest BCUT2D eigenvalue weighted by Crippen LogP contribution is 2.45. The van der Waals surface area contributed by atoms with E-state index in [1.54, 1.807) is 6.07 Å². The predicted molar refractivity (Wildman–Crippen MR) is 124 cm³/mol. The molecule has 0 aliphatic heterocycles. The van der Waals surface area contributed by atoms with Gasteiger partial charge in [0.15, 0.2) is 11.6 Å². The molecule has 2 aromatic rings. The van der Waals surface area contributed by atoms with E-state index in [0.29, 0.717) is 35.8 Å². The van der Waals surface area contributed by atoms with Crippen molar-refractivity contribution in [3.05, 3.63) is 52.6 Å². The molecule has 0 N–H and O–H groups in total. The van der Waals surface area contributed by atoms with Crippen LogP contribution in [-0.4, -0.2) is 6.61 Å². The summed E-state index contributed by atoms with van der Waals surface area (Å²) in [6, 6.07) is 7.58. The Hall–Kier alpha value is -1.90. The molecule has 0 saturated heterocycles. The van der Waals surface area contributed by atoms with Crippen molar-refractivity contribution in [2.75, 3.05) is 6.61 Å². The summed E-state index contributed by atoms with van der Waals surface area (Å²) in [7, 11) is 0. The second-order valence-corrected chi connectivity index (χ2v) is 9.49. The molecule has 0 aromatic heterocycles. The Balaban J connectivity index is 1.48. The zero-order valence-corrected chi connectivity index (χ0v) is 19.1. The number of halogens is 2. The zero-order valence-electron chi connectivity index (χ0n) is 19.1. The summed E-state index contributed by atoms with van der Waals surface area (Å²) in [6.07, 6.45) is 12.0. The minimum atomic E-state index is -0.321. The Kier molecular flexibility index (Phi) is 7.30. The van der Waals surface area contributed by atoms with E-state index in [0.717, 1.165) is 48.3 Å². The van der Waals surface area contributed by atoms with E-state index in [9.17, 15) is 0 Å². The number of fused-ring (bicyclic) bond motifs is 3. The van der Waals surface area contributed by atoms with Crippen LogP contribution in [0.1, 0.15) is 101 Å². The molecule has 0 heterocycles. The molecule has 3 heteroatoms. The number of hydrogen-bond donors (Lipinski definition) is 0. The molecule has 1 fully saturated rings. The van der Waals surface area contributed by atoms with Gasteiger partial charge in [0.1, 0.15) is 5.82 Å². The normalized spacial score (nSPS) is 19.9. The first-order valence-electron chi connectivity index (χ1n) is 12.4. The number of unbranched alkanes of at least 4 members (excludes halogenated alkanes) is 3. The number of ether oxygens (including phenoxy) is 1. The van der Waals surface area contributed by atoms with Crippen LogP contribution in [0.4, 0.5) is 8.78 Å². The number of hydrogen-bond acceptors (Lipinski definition) is 1. The summed E-state index contributed by atoms with van der Waals surface area (Å²) >= 11 is 0. The van der Waals surface area contributed by atoms with E-state index in [4.69, 9.17) is 4.74 Å². The van der Waals surface area contributed by atoms with Gasteiger partial charge in [-0.2, -0.15) is 0 Å². The van der Waals surface area contributed by atoms with Crippen molar-refractivity contribution in [2.24, 2.45) is 5.92 Å². The lowest BCUT2D eigenvalue weighted by atomic mass is 9.76. The third-order valence-electron chi connectivity index (χ3n) is 7.38. The fraction of sp³-hybridized carbons (Fsp3) is 0.571. The van der Waals surface area contributed by atoms with Crippen LogP contribution in [0.3, 0.4) is 0 Å². The summed E-state index contributed by atoms with van der Waals surface area (Å²) in [4.78, 5) is 0. The van der Waals surface area contributed by atoms with Crippen molar-refractivity contribution in [2.45, 2.75) is 90.4 Å². The van der Waals surface area contributed by atoms with Gasteiger partial charge in [0, 0.05) is 17.5 Å². The Bertz CT molecular complexity index is 896. The van der Waals surface area contributed by atoms with Gasteiger partial charge < -0.3 is 4.74 Å². The summed E-state index contributed by atoms with van der Waals surface area (Å²) in [5, 5.41) is 0. The predicted octanol–water partition coefficient (Wildman–Crippen LogP) is 8.57. The molecule has 4 rings (SSSR count).